The highest BCUT2D eigenvalue weighted by atomic mass is 35.5. The molecule has 2 aliphatic carbocycles. The quantitative estimate of drug-likeness (QED) is 0.322. The Bertz CT molecular complexity index is 1270. The summed E-state index contributed by atoms with van der Waals surface area (Å²) in [6.07, 6.45) is 0.237. The van der Waals surface area contributed by atoms with Gasteiger partial charge in [-0.3, -0.25) is 19.1 Å². The number of nitrogens with zero attached hydrogens (tertiary/aromatic N) is 3. The van der Waals surface area contributed by atoms with Crippen molar-refractivity contribution in [1.82, 2.24) is 14.7 Å². The predicted molar refractivity (Wildman–Crippen MR) is 144 cm³/mol. The molecule has 12 heteroatoms. The number of alkyl halides is 3. The Morgan fingerprint density at radius 3 is 2.20 bits per heavy atom. The fourth-order valence-corrected chi connectivity index (χ4v) is 6.70. The van der Waals surface area contributed by atoms with E-state index in [1.54, 1.807) is 26.0 Å². The molecule has 7 nitrogen and oxygen atoms in total. The molecule has 1 N–H and O–H groups in total. The summed E-state index contributed by atoms with van der Waals surface area (Å²) in [6, 6.07) is 2.42. The van der Waals surface area contributed by atoms with E-state index in [1.807, 2.05) is 0 Å². The summed E-state index contributed by atoms with van der Waals surface area (Å²) in [5.74, 6) is -2.44. The Kier molecular flexibility index (Phi) is 8.90. The van der Waals surface area contributed by atoms with Gasteiger partial charge in [-0.05, 0) is 76.0 Å². The predicted octanol–water partition coefficient (Wildman–Crippen LogP) is 7.24. The zero-order valence-electron chi connectivity index (χ0n) is 22.4. The molecular formula is C28H32Cl2F3N3O4. The number of aromatic nitrogens is 2. The van der Waals surface area contributed by atoms with E-state index in [4.69, 9.17) is 23.2 Å². The van der Waals surface area contributed by atoms with Crippen molar-refractivity contribution in [2.75, 3.05) is 13.1 Å². The molecule has 0 unspecified atom stereocenters. The van der Waals surface area contributed by atoms with E-state index in [1.165, 1.54) is 0 Å². The van der Waals surface area contributed by atoms with Crippen molar-refractivity contribution < 1.29 is 32.7 Å². The first-order valence-electron chi connectivity index (χ1n) is 13.4. The van der Waals surface area contributed by atoms with Crippen LogP contribution >= 0.6 is 23.2 Å². The fraction of sp³-hybridized carbons (Fsp3) is 0.571. The standard InChI is InChI=1S/C28H32Cl2F3N3O4/c1-16-11-20(29)23(21(30)12-16)22(37)15-35(14-17-5-3-4-6-17)25(38)19-13-34-36(24(19)28(31,32)33)18-7-9-27(2,10-8-18)26(39)40/h11-13,17-18H,3-10,14-15H2,1-2H3,(H,39,40)/t18-,27-. The third kappa shape index (κ3) is 6.33. The van der Waals surface area contributed by atoms with Crippen LogP contribution < -0.4 is 0 Å². The van der Waals surface area contributed by atoms with Crippen LogP contribution in [-0.2, 0) is 11.0 Å². The molecule has 1 heterocycles. The summed E-state index contributed by atoms with van der Waals surface area (Å²) < 4.78 is 44.2. The lowest BCUT2D eigenvalue weighted by atomic mass is 9.74. The molecule has 40 heavy (non-hydrogen) atoms. The van der Waals surface area contributed by atoms with Gasteiger partial charge in [0.15, 0.2) is 11.5 Å². The van der Waals surface area contributed by atoms with Crippen molar-refractivity contribution in [2.24, 2.45) is 11.3 Å². The van der Waals surface area contributed by atoms with Gasteiger partial charge in [-0.15, -0.1) is 0 Å². The van der Waals surface area contributed by atoms with Crippen LogP contribution in [0.5, 0.6) is 0 Å². The van der Waals surface area contributed by atoms with Gasteiger partial charge in [0.25, 0.3) is 5.91 Å². The summed E-state index contributed by atoms with van der Waals surface area (Å²) in [7, 11) is 0. The van der Waals surface area contributed by atoms with Gasteiger partial charge in [0.2, 0.25) is 0 Å². The Morgan fingerprint density at radius 2 is 1.68 bits per heavy atom. The number of hydrogen-bond donors (Lipinski definition) is 1. The van der Waals surface area contributed by atoms with Gasteiger partial charge in [0.1, 0.15) is 0 Å². The van der Waals surface area contributed by atoms with Crippen LogP contribution in [0, 0.1) is 18.3 Å². The number of ketones is 1. The largest absolute Gasteiger partial charge is 0.481 e. The van der Waals surface area contributed by atoms with Crippen LogP contribution in [0.1, 0.15) is 96.3 Å². The molecule has 0 bridgehead atoms. The van der Waals surface area contributed by atoms with Gasteiger partial charge in [0.05, 0.1) is 45.4 Å². The van der Waals surface area contributed by atoms with E-state index in [-0.39, 0.29) is 53.8 Å². The van der Waals surface area contributed by atoms with Crippen molar-refractivity contribution in [3.8, 4) is 0 Å². The summed E-state index contributed by atoms with van der Waals surface area (Å²) >= 11 is 12.6. The van der Waals surface area contributed by atoms with Crippen LogP contribution in [0.3, 0.4) is 0 Å². The summed E-state index contributed by atoms with van der Waals surface area (Å²) in [5, 5.41) is 13.7. The lowest BCUT2D eigenvalue weighted by molar-refractivity contribution is -0.152. The fourth-order valence-electron chi connectivity index (χ4n) is 5.89. The van der Waals surface area contributed by atoms with Crippen LogP contribution in [0.2, 0.25) is 10.0 Å². The van der Waals surface area contributed by atoms with E-state index in [0.717, 1.165) is 47.0 Å². The van der Waals surface area contributed by atoms with E-state index in [9.17, 15) is 32.7 Å². The molecule has 1 amide bonds. The minimum atomic E-state index is -4.90. The number of carboxylic acids is 1. The van der Waals surface area contributed by atoms with Crippen LogP contribution in [0.15, 0.2) is 18.3 Å². The molecule has 218 valence electrons. The third-order valence-corrected chi connectivity index (χ3v) is 8.85. The SMILES string of the molecule is Cc1cc(Cl)c(C(=O)CN(CC2CCCC2)C(=O)c2cnn([C@H]3CC[C@](C)(C(=O)O)CC3)c2C(F)(F)F)c(Cl)c1. The maximum atomic E-state index is 14.4. The lowest BCUT2D eigenvalue weighted by Gasteiger charge is -2.34. The van der Waals surface area contributed by atoms with Crippen molar-refractivity contribution in [1.29, 1.82) is 0 Å². The zero-order chi connectivity index (χ0) is 29.4. The highest BCUT2D eigenvalue weighted by Crippen LogP contribution is 2.43. The molecule has 0 aliphatic heterocycles. The van der Waals surface area contributed by atoms with E-state index in [2.05, 4.69) is 5.10 Å². The van der Waals surface area contributed by atoms with Gasteiger partial charge < -0.3 is 10.0 Å². The van der Waals surface area contributed by atoms with Gasteiger partial charge >= 0.3 is 12.1 Å². The molecule has 2 aliphatic rings. The molecule has 2 aromatic rings. The normalized spacial score (nSPS) is 21.9. The van der Waals surface area contributed by atoms with Crippen molar-refractivity contribution in [2.45, 2.75) is 77.4 Å². The van der Waals surface area contributed by atoms with Crippen LogP contribution in [0.25, 0.3) is 0 Å². The summed E-state index contributed by atoms with van der Waals surface area (Å²) in [5.41, 5.74) is -2.08. The number of Topliss-reactive ketones (excluding diaryl/α,β-unsaturated/α-hetero) is 1. The number of rotatable bonds is 8. The van der Waals surface area contributed by atoms with E-state index < -0.39 is 53.1 Å². The second-order valence-electron chi connectivity index (χ2n) is 11.3. The number of halogens is 5. The van der Waals surface area contributed by atoms with Crippen LogP contribution in [0.4, 0.5) is 13.2 Å². The van der Waals surface area contributed by atoms with Gasteiger partial charge in [-0.25, -0.2) is 0 Å². The Labute approximate surface area is 240 Å². The molecule has 0 radical (unpaired) electrons. The summed E-state index contributed by atoms with van der Waals surface area (Å²) in [6.45, 7) is 2.97. The van der Waals surface area contributed by atoms with Crippen molar-refractivity contribution in [3.63, 3.8) is 0 Å². The molecule has 4 rings (SSSR count). The highest BCUT2D eigenvalue weighted by Gasteiger charge is 2.45. The summed E-state index contributed by atoms with van der Waals surface area (Å²) in [4.78, 5) is 39.8. The Balaban J connectivity index is 1.66. The first-order valence-corrected chi connectivity index (χ1v) is 14.1. The molecule has 0 spiro atoms. The van der Waals surface area contributed by atoms with Crippen molar-refractivity contribution >= 4 is 40.9 Å². The monoisotopic (exact) mass is 601 g/mol. The maximum Gasteiger partial charge on any atom is 0.433 e. The second kappa shape index (κ2) is 11.7. The number of carbonyl (C=O) groups is 3. The Morgan fingerprint density at radius 1 is 1.10 bits per heavy atom. The number of hydrogen-bond acceptors (Lipinski definition) is 4. The number of aliphatic carboxylic acids is 1. The molecule has 1 aromatic heterocycles. The maximum absolute atomic E-state index is 14.4. The minimum absolute atomic E-state index is 0.0218. The van der Waals surface area contributed by atoms with Crippen LogP contribution in [-0.4, -0.2) is 50.5 Å². The lowest BCUT2D eigenvalue weighted by Crippen LogP contribution is -2.40. The molecule has 0 saturated heterocycles. The zero-order valence-corrected chi connectivity index (χ0v) is 23.9. The third-order valence-electron chi connectivity index (χ3n) is 8.26. The number of aryl methyl sites for hydroxylation is 1. The van der Waals surface area contributed by atoms with Gasteiger partial charge in [-0.1, -0.05) is 36.0 Å². The highest BCUT2D eigenvalue weighted by molar-refractivity contribution is 6.40. The smallest absolute Gasteiger partial charge is 0.433 e. The van der Waals surface area contributed by atoms with E-state index in [0.29, 0.717) is 0 Å². The Hall–Kier alpha value is -2.59. The van der Waals surface area contributed by atoms with Crippen molar-refractivity contribution in [3.05, 3.63) is 50.8 Å². The second-order valence-corrected chi connectivity index (χ2v) is 12.1. The molecule has 2 fully saturated rings. The first kappa shape index (κ1) is 30.4. The average Bonchev–Trinajstić information content (AvgIpc) is 3.53. The van der Waals surface area contributed by atoms with Gasteiger partial charge in [0, 0.05) is 6.54 Å². The average molecular weight is 602 g/mol. The molecule has 2 saturated carbocycles. The number of carbonyl (C=O) groups excluding carboxylic acids is 2. The molecular weight excluding hydrogens is 570 g/mol. The number of amides is 1. The molecule has 0 atom stereocenters. The first-order chi connectivity index (χ1) is 18.7. The minimum Gasteiger partial charge on any atom is -0.481 e. The van der Waals surface area contributed by atoms with E-state index >= 15 is 0 Å². The molecule has 1 aromatic carbocycles. The number of benzene rings is 1. The van der Waals surface area contributed by atoms with Gasteiger partial charge in [-0.2, -0.15) is 18.3 Å². The number of carboxylic acid groups (broad SMARTS) is 1. The topological polar surface area (TPSA) is 92.5 Å².